The van der Waals surface area contributed by atoms with E-state index in [2.05, 4.69) is 48.6 Å². The molecule has 2 aromatic rings. The minimum Gasteiger partial charge on any atom is -0.325 e. The normalized spacial score (nSPS) is 12.7. The van der Waals surface area contributed by atoms with Crippen LogP contribution >= 0.6 is 38.5 Å². The highest BCUT2D eigenvalue weighted by Crippen LogP contribution is 2.15. The fraction of sp³-hybridized carbons (Fsp3) is 0.133. The number of halogens is 2. The highest BCUT2D eigenvalue weighted by molar-refractivity contribution is 14.1. The van der Waals surface area contributed by atoms with Crippen LogP contribution in [0.25, 0.3) is 0 Å². The van der Waals surface area contributed by atoms with Crippen LogP contribution in [0.15, 0.2) is 57.9 Å². The van der Waals surface area contributed by atoms with Crippen LogP contribution in [0.3, 0.4) is 0 Å². The first-order valence-corrected chi connectivity index (χ1v) is 9.98. The van der Waals surface area contributed by atoms with Gasteiger partial charge in [0.1, 0.15) is 0 Å². The molecular weight excluding hydrogens is 495 g/mol. The van der Waals surface area contributed by atoms with Gasteiger partial charge in [-0.05, 0) is 78.0 Å². The van der Waals surface area contributed by atoms with Gasteiger partial charge >= 0.3 is 0 Å². The second-order valence-corrected chi connectivity index (χ2v) is 8.67. The van der Waals surface area contributed by atoms with Crippen LogP contribution < -0.4 is 10.0 Å². The standard InChI is InChI=1S/C15H14BrIN2O3S/c1-10(15(20)18-13-6-4-12(17)5-7-13)19-23(21,22)14-8-2-11(16)3-9-14/h2-10,19H,1H3,(H,18,20)/t10-/m0/s1. The second-order valence-electron chi connectivity index (χ2n) is 4.79. The van der Waals surface area contributed by atoms with Gasteiger partial charge in [0.15, 0.2) is 0 Å². The van der Waals surface area contributed by atoms with E-state index in [1.807, 2.05) is 12.1 Å². The maximum Gasteiger partial charge on any atom is 0.242 e. The van der Waals surface area contributed by atoms with Gasteiger partial charge in [-0.2, -0.15) is 4.72 Å². The Morgan fingerprint density at radius 1 is 1.09 bits per heavy atom. The molecule has 2 rings (SSSR count). The molecule has 0 radical (unpaired) electrons. The molecule has 5 nitrogen and oxygen atoms in total. The number of nitrogens with one attached hydrogen (secondary N) is 2. The zero-order valence-corrected chi connectivity index (χ0v) is 16.6. The summed E-state index contributed by atoms with van der Waals surface area (Å²) >= 11 is 5.41. The lowest BCUT2D eigenvalue weighted by Crippen LogP contribution is -2.41. The van der Waals surface area contributed by atoms with E-state index in [-0.39, 0.29) is 4.90 Å². The van der Waals surface area contributed by atoms with Crippen LogP contribution in [0, 0.1) is 3.57 Å². The van der Waals surface area contributed by atoms with Crippen LogP contribution in [-0.4, -0.2) is 20.4 Å². The molecule has 2 aromatic carbocycles. The molecule has 23 heavy (non-hydrogen) atoms. The summed E-state index contributed by atoms with van der Waals surface area (Å²) in [5, 5.41) is 2.68. The molecule has 0 fully saturated rings. The third-order valence-electron chi connectivity index (χ3n) is 2.96. The van der Waals surface area contributed by atoms with Gasteiger partial charge in [-0.15, -0.1) is 0 Å². The molecule has 0 saturated heterocycles. The number of benzene rings is 2. The van der Waals surface area contributed by atoms with Gasteiger partial charge in [-0.1, -0.05) is 15.9 Å². The number of amides is 1. The number of hydrogen-bond donors (Lipinski definition) is 2. The molecule has 0 heterocycles. The van der Waals surface area contributed by atoms with Crippen molar-refractivity contribution in [3.05, 3.63) is 56.6 Å². The number of hydrogen-bond acceptors (Lipinski definition) is 3. The molecule has 0 saturated carbocycles. The van der Waals surface area contributed by atoms with Crippen LogP contribution in [0.5, 0.6) is 0 Å². The monoisotopic (exact) mass is 508 g/mol. The van der Waals surface area contributed by atoms with Crippen LogP contribution in [0.1, 0.15) is 6.92 Å². The Hall–Kier alpha value is -0.970. The molecule has 0 aliphatic heterocycles. The SMILES string of the molecule is C[C@H](NS(=O)(=O)c1ccc(Br)cc1)C(=O)Nc1ccc(I)cc1. The van der Waals surface area contributed by atoms with Gasteiger partial charge in [0, 0.05) is 13.7 Å². The molecule has 0 aliphatic carbocycles. The van der Waals surface area contributed by atoms with Crippen LogP contribution in [0.4, 0.5) is 5.69 Å². The fourth-order valence-corrected chi connectivity index (χ4v) is 3.58. The van der Waals surface area contributed by atoms with Crippen molar-refractivity contribution in [2.75, 3.05) is 5.32 Å². The fourth-order valence-electron chi connectivity index (χ4n) is 1.75. The summed E-state index contributed by atoms with van der Waals surface area (Å²) in [7, 11) is -3.75. The number of carbonyl (C=O) groups excluding carboxylic acids is 1. The summed E-state index contributed by atoms with van der Waals surface area (Å²) in [5.74, 6) is -0.424. The highest BCUT2D eigenvalue weighted by Gasteiger charge is 2.22. The molecule has 122 valence electrons. The summed E-state index contributed by atoms with van der Waals surface area (Å²) in [6.45, 7) is 1.50. The summed E-state index contributed by atoms with van der Waals surface area (Å²) in [5.41, 5.74) is 0.616. The lowest BCUT2D eigenvalue weighted by molar-refractivity contribution is -0.117. The highest BCUT2D eigenvalue weighted by atomic mass is 127. The Morgan fingerprint density at radius 3 is 2.22 bits per heavy atom. The lowest BCUT2D eigenvalue weighted by atomic mass is 10.3. The molecule has 0 bridgehead atoms. The van der Waals surface area contributed by atoms with Crippen molar-refractivity contribution in [1.82, 2.24) is 4.72 Å². The molecule has 2 N–H and O–H groups in total. The third kappa shape index (κ3) is 5.27. The van der Waals surface area contributed by atoms with E-state index in [9.17, 15) is 13.2 Å². The van der Waals surface area contributed by atoms with E-state index in [1.54, 1.807) is 24.3 Å². The summed E-state index contributed by atoms with van der Waals surface area (Å²) in [6, 6.07) is 12.5. The van der Waals surface area contributed by atoms with E-state index in [1.165, 1.54) is 19.1 Å². The quantitative estimate of drug-likeness (QED) is 0.608. The minimum atomic E-state index is -3.75. The van der Waals surface area contributed by atoms with Gasteiger partial charge in [0.25, 0.3) is 0 Å². The van der Waals surface area contributed by atoms with E-state index in [0.717, 1.165) is 8.04 Å². The zero-order valence-electron chi connectivity index (χ0n) is 12.1. The van der Waals surface area contributed by atoms with Gasteiger partial charge in [0.2, 0.25) is 15.9 Å². The Morgan fingerprint density at radius 2 is 1.65 bits per heavy atom. The van der Waals surface area contributed by atoms with Crippen LogP contribution in [-0.2, 0) is 14.8 Å². The third-order valence-corrected chi connectivity index (χ3v) is 5.77. The van der Waals surface area contributed by atoms with Gasteiger partial charge in [-0.3, -0.25) is 4.79 Å². The molecule has 0 aliphatic rings. The Kier molecular flexibility index (Phi) is 6.18. The summed E-state index contributed by atoms with van der Waals surface area (Å²) < 4.78 is 28.7. The maximum atomic E-state index is 12.2. The Labute approximate surface area is 157 Å². The number of carbonyl (C=O) groups is 1. The molecule has 0 spiro atoms. The predicted octanol–water partition coefficient (Wildman–Crippen LogP) is 3.36. The predicted molar refractivity (Wildman–Crippen MR) is 102 cm³/mol. The van der Waals surface area contributed by atoms with E-state index in [4.69, 9.17) is 0 Å². The van der Waals surface area contributed by atoms with Crippen molar-refractivity contribution in [2.45, 2.75) is 17.9 Å². The largest absolute Gasteiger partial charge is 0.325 e. The number of anilines is 1. The zero-order chi connectivity index (χ0) is 17.0. The molecule has 0 aromatic heterocycles. The average molecular weight is 509 g/mol. The smallest absolute Gasteiger partial charge is 0.242 e. The van der Waals surface area contributed by atoms with E-state index >= 15 is 0 Å². The van der Waals surface area contributed by atoms with E-state index in [0.29, 0.717) is 5.69 Å². The molecule has 1 atom stereocenters. The first-order valence-electron chi connectivity index (χ1n) is 6.62. The van der Waals surface area contributed by atoms with Crippen molar-refractivity contribution >= 4 is 60.1 Å². The number of sulfonamides is 1. The van der Waals surface area contributed by atoms with Crippen molar-refractivity contribution in [2.24, 2.45) is 0 Å². The first kappa shape index (κ1) is 18.4. The van der Waals surface area contributed by atoms with Gasteiger partial charge < -0.3 is 5.32 Å². The first-order chi connectivity index (χ1) is 10.8. The van der Waals surface area contributed by atoms with Crippen molar-refractivity contribution in [1.29, 1.82) is 0 Å². The Bertz CT molecular complexity index is 792. The molecule has 0 unspecified atom stereocenters. The lowest BCUT2D eigenvalue weighted by Gasteiger charge is -2.14. The summed E-state index contributed by atoms with van der Waals surface area (Å²) in [4.78, 5) is 12.2. The Balaban J connectivity index is 2.05. The van der Waals surface area contributed by atoms with Gasteiger partial charge in [0.05, 0.1) is 10.9 Å². The van der Waals surface area contributed by atoms with Gasteiger partial charge in [-0.25, -0.2) is 8.42 Å². The molecule has 1 amide bonds. The minimum absolute atomic E-state index is 0.106. The van der Waals surface area contributed by atoms with Crippen molar-refractivity contribution in [3.63, 3.8) is 0 Å². The molecular formula is C15H14BrIN2O3S. The van der Waals surface area contributed by atoms with E-state index < -0.39 is 22.0 Å². The topological polar surface area (TPSA) is 75.3 Å². The summed E-state index contributed by atoms with van der Waals surface area (Å²) in [6.07, 6.45) is 0. The van der Waals surface area contributed by atoms with Crippen molar-refractivity contribution < 1.29 is 13.2 Å². The maximum absolute atomic E-state index is 12.2. The van der Waals surface area contributed by atoms with Crippen LogP contribution in [0.2, 0.25) is 0 Å². The van der Waals surface area contributed by atoms with Crippen molar-refractivity contribution in [3.8, 4) is 0 Å². The average Bonchev–Trinajstić information content (AvgIpc) is 2.49. The number of rotatable bonds is 5. The second kappa shape index (κ2) is 7.73. The molecule has 8 heteroatoms.